The van der Waals surface area contributed by atoms with Crippen molar-refractivity contribution in [3.05, 3.63) is 48.0 Å². The van der Waals surface area contributed by atoms with Crippen molar-refractivity contribution in [2.24, 2.45) is 0 Å². The van der Waals surface area contributed by atoms with Crippen molar-refractivity contribution in [1.29, 1.82) is 0 Å². The number of hydrogen-bond acceptors (Lipinski definition) is 11. The molecule has 0 aromatic carbocycles. The summed E-state index contributed by atoms with van der Waals surface area (Å²) >= 11 is 5.32. The van der Waals surface area contributed by atoms with Crippen LogP contribution in [0.3, 0.4) is 0 Å². The Morgan fingerprint density at radius 2 is 1.07 bits per heavy atom. The molecule has 0 saturated heterocycles. The fourth-order valence-corrected chi connectivity index (χ4v) is 9.08. The van der Waals surface area contributed by atoms with Gasteiger partial charge in [0.15, 0.2) is 11.3 Å². The lowest BCUT2D eigenvalue weighted by atomic mass is 9.86. The Labute approximate surface area is 360 Å². The van der Waals surface area contributed by atoms with E-state index in [-0.39, 0.29) is 0 Å². The zero-order valence-electron chi connectivity index (χ0n) is 37.3. The molecule has 2 aliphatic carbocycles. The molecule has 17 heteroatoms. The van der Waals surface area contributed by atoms with Gasteiger partial charge in [-0.2, -0.15) is 19.2 Å². The van der Waals surface area contributed by atoms with Crippen molar-refractivity contribution in [3.8, 4) is 0 Å². The Balaban J connectivity index is 0.000000243. The number of carbonyl (C=O) groups excluding carboxylic acids is 2. The van der Waals surface area contributed by atoms with Crippen LogP contribution in [0, 0.1) is 0 Å². The maximum Gasteiger partial charge on any atom is 0.157 e. The Bertz CT molecular complexity index is 1880. The highest BCUT2D eigenvalue weighted by Crippen LogP contribution is 2.33. The quantitative estimate of drug-likeness (QED) is 0.0467. The first kappa shape index (κ1) is 48.7. The maximum absolute atomic E-state index is 11.8. The Kier molecular flexibility index (Phi) is 18.7. The topological polar surface area (TPSA) is 151 Å². The summed E-state index contributed by atoms with van der Waals surface area (Å²) in [5, 5.41) is 8.63. The molecular weight excluding hydrogens is 816 g/mol. The van der Waals surface area contributed by atoms with E-state index in [1.54, 1.807) is 16.9 Å². The van der Waals surface area contributed by atoms with Crippen LogP contribution in [0.25, 0.3) is 11.3 Å². The number of fused-ring (bicyclic) bond motifs is 2. The highest BCUT2D eigenvalue weighted by Gasteiger charge is 2.25. The molecule has 4 aromatic heterocycles. The summed E-state index contributed by atoms with van der Waals surface area (Å²) in [5.74, 6) is 2.94. The zero-order valence-corrected chi connectivity index (χ0v) is 41.0. The number of anilines is 2. The van der Waals surface area contributed by atoms with Gasteiger partial charge >= 0.3 is 0 Å². The lowest BCUT2D eigenvalue weighted by Crippen LogP contribution is -2.33. The third-order valence-electron chi connectivity index (χ3n) is 10.6. The van der Waals surface area contributed by atoms with Crippen molar-refractivity contribution in [2.75, 3.05) is 50.0 Å². The van der Waals surface area contributed by atoms with Crippen molar-refractivity contribution in [3.63, 3.8) is 0 Å². The Hall–Kier alpha value is -3.00. The molecule has 0 radical (unpaired) electrons. The van der Waals surface area contributed by atoms with E-state index in [0.717, 1.165) is 86.1 Å². The van der Waals surface area contributed by atoms with Gasteiger partial charge in [-0.25, -0.2) is 9.97 Å². The molecule has 0 spiro atoms. The molecular formula is C42H71ClN8O5Si3. The van der Waals surface area contributed by atoms with Crippen molar-refractivity contribution in [1.82, 2.24) is 29.2 Å². The van der Waals surface area contributed by atoms with E-state index in [1.807, 2.05) is 22.7 Å². The number of nitrogen functional groups attached to an aromatic ring is 1. The molecule has 0 aliphatic heterocycles. The maximum atomic E-state index is 11.8. The summed E-state index contributed by atoms with van der Waals surface area (Å²) in [6.45, 7) is 24.4. The predicted octanol–water partition coefficient (Wildman–Crippen LogP) is 9.46. The van der Waals surface area contributed by atoms with Crippen LogP contribution in [-0.4, -0.2) is 104 Å². The number of carbonyl (C=O) groups is 2. The first-order chi connectivity index (χ1) is 27.8. The van der Waals surface area contributed by atoms with Crippen LogP contribution in [0.1, 0.15) is 74.6 Å². The number of nitrogens with two attached hydrogens (primary N) is 1. The summed E-state index contributed by atoms with van der Waals surface area (Å²) in [6, 6.07) is 11.6. The highest BCUT2D eigenvalue weighted by molar-refractivity contribution is 6.76. The van der Waals surface area contributed by atoms with Crippen LogP contribution < -0.4 is 10.6 Å². The van der Waals surface area contributed by atoms with Gasteiger partial charge in [0.05, 0.1) is 12.4 Å². The van der Waals surface area contributed by atoms with E-state index < -0.39 is 24.2 Å². The van der Waals surface area contributed by atoms with E-state index >= 15 is 0 Å². The molecule has 2 fully saturated rings. The summed E-state index contributed by atoms with van der Waals surface area (Å²) in [6.07, 6.45) is 9.61. The van der Waals surface area contributed by atoms with Crippen molar-refractivity contribution < 1.29 is 23.8 Å². The van der Waals surface area contributed by atoms with Crippen LogP contribution in [0.15, 0.2) is 36.7 Å². The van der Waals surface area contributed by atoms with Gasteiger partial charge < -0.3 is 24.8 Å². The second kappa shape index (κ2) is 22.7. The van der Waals surface area contributed by atoms with Crippen LogP contribution in [-0.2, 0) is 23.8 Å². The number of hydrogen-bond donors (Lipinski definition) is 1. The number of Topliss-reactive ketones (excluding diaryl/α,β-unsaturated/α-hetero) is 2. The minimum absolute atomic E-state index is 0.309. The third-order valence-corrected chi connectivity index (χ3v) is 15.8. The first-order valence-corrected chi connectivity index (χ1v) is 33.0. The molecule has 4 heterocycles. The zero-order chi connectivity index (χ0) is 43.2. The standard InChI is InChI=1S/C24H42N4O3Si2.C12H14N4O.C6H15ClOSi/c1-32(2,3)15-13-30-18-27(19-31-14-16-33(4,5)6)24-17-22(20-7-9-21(29)10-8-20)26-23-11-12-25-28(23)24;13-11-7-10(8-1-3-9(17)4-2-8)15-12-5-6-14-16(11)12;1-9(2,3)5-4-8-6-7/h11-12,17,20H,7-10,13-16,18-19H2,1-6H3;5-8H,1-4,13H2;4-6H2,1-3H3. The van der Waals surface area contributed by atoms with Gasteiger partial charge in [-0.15, -0.1) is 0 Å². The molecule has 2 N–H and O–H groups in total. The molecule has 6 rings (SSSR count). The number of ketones is 2. The summed E-state index contributed by atoms with van der Waals surface area (Å²) < 4.78 is 20.8. The summed E-state index contributed by atoms with van der Waals surface area (Å²) in [4.78, 5) is 34.5. The van der Waals surface area contributed by atoms with Gasteiger partial charge in [0, 0.05) is 117 Å². The molecule has 0 amide bonds. The number of alkyl halides is 1. The molecule has 0 atom stereocenters. The smallest absolute Gasteiger partial charge is 0.157 e. The predicted molar refractivity (Wildman–Crippen MR) is 248 cm³/mol. The van der Waals surface area contributed by atoms with Crippen molar-refractivity contribution in [2.45, 2.75) is 140 Å². The van der Waals surface area contributed by atoms with Crippen LogP contribution in [0.2, 0.25) is 77.1 Å². The number of ether oxygens (including phenoxy) is 3. The average Bonchev–Trinajstić information content (AvgIpc) is 3.84. The number of nitrogens with zero attached hydrogens (tertiary/aromatic N) is 7. The molecule has 0 unspecified atom stereocenters. The van der Waals surface area contributed by atoms with Crippen LogP contribution in [0.5, 0.6) is 0 Å². The summed E-state index contributed by atoms with van der Waals surface area (Å²) in [5.41, 5.74) is 9.56. The molecule has 13 nitrogen and oxygen atoms in total. The van der Waals surface area contributed by atoms with Crippen molar-refractivity contribution >= 4 is 70.3 Å². The SMILES string of the molecule is C[Si](C)(C)CCOCCl.C[Si](C)(C)CCOCN(COCC[Si](C)(C)C)c1cc(C2CCC(=O)CC2)nc2ccnn12.Nc1cc(C2CCC(=O)CC2)nc2ccnn12. The Morgan fingerprint density at radius 1 is 0.661 bits per heavy atom. The molecule has 2 aliphatic rings. The fraction of sp³-hybridized carbons (Fsp3) is 0.667. The lowest BCUT2D eigenvalue weighted by molar-refractivity contribution is -0.121. The van der Waals surface area contributed by atoms with E-state index in [4.69, 9.17) is 36.5 Å². The monoisotopic (exact) mass is 886 g/mol. The third kappa shape index (κ3) is 17.1. The molecule has 59 heavy (non-hydrogen) atoms. The van der Waals surface area contributed by atoms with Gasteiger partial charge in [0.1, 0.15) is 42.7 Å². The highest BCUT2D eigenvalue weighted by atomic mass is 35.5. The number of aromatic nitrogens is 6. The summed E-state index contributed by atoms with van der Waals surface area (Å²) in [7, 11) is -3.19. The van der Waals surface area contributed by atoms with E-state index in [2.05, 4.69) is 85.1 Å². The Morgan fingerprint density at radius 3 is 1.51 bits per heavy atom. The van der Waals surface area contributed by atoms with E-state index in [9.17, 15) is 9.59 Å². The largest absolute Gasteiger partial charge is 0.384 e. The first-order valence-electron chi connectivity index (χ1n) is 21.3. The van der Waals surface area contributed by atoms with E-state index in [0.29, 0.717) is 74.4 Å². The molecule has 328 valence electrons. The van der Waals surface area contributed by atoms with Gasteiger partial charge in [0.25, 0.3) is 0 Å². The van der Waals surface area contributed by atoms with Gasteiger partial charge in [-0.1, -0.05) is 70.5 Å². The van der Waals surface area contributed by atoms with Crippen LogP contribution in [0.4, 0.5) is 11.6 Å². The number of halogens is 1. The minimum Gasteiger partial charge on any atom is -0.384 e. The fourth-order valence-electron chi connectivity index (χ4n) is 6.70. The number of rotatable bonds is 17. The molecule has 2 saturated carbocycles. The normalized spacial score (nSPS) is 15.9. The minimum atomic E-state index is -1.16. The van der Waals surface area contributed by atoms with Gasteiger partial charge in [-0.3, -0.25) is 9.59 Å². The second-order valence-corrected chi connectivity index (χ2v) is 36.6. The lowest BCUT2D eigenvalue weighted by Gasteiger charge is -2.28. The van der Waals surface area contributed by atoms with Gasteiger partial charge in [-0.05, 0) is 43.8 Å². The average molecular weight is 888 g/mol. The molecule has 0 bridgehead atoms. The second-order valence-electron chi connectivity index (χ2n) is 19.5. The van der Waals surface area contributed by atoms with Crippen LogP contribution >= 0.6 is 11.6 Å². The van der Waals surface area contributed by atoms with E-state index in [1.165, 1.54) is 6.04 Å². The van der Waals surface area contributed by atoms with Gasteiger partial charge in [0.2, 0.25) is 0 Å². The molecule has 4 aromatic rings.